The smallest absolute Gasteiger partial charge is 0.00928 e. The van der Waals surface area contributed by atoms with Crippen molar-refractivity contribution >= 4 is 0 Å². The fourth-order valence-electron chi connectivity index (χ4n) is 2.08. The Morgan fingerprint density at radius 1 is 1.36 bits per heavy atom. The van der Waals surface area contributed by atoms with Gasteiger partial charge in [-0.3, -0.25) is 0 Å². The first-order valence-corrected chi connectivity index (χ1v) is 5.01. The molecule has 0 aromatic carbocycles. The molecule has 66 valence electrons. The summed E-state index contributed by atoms with van der Waals surface area (Å²) in [6.07, 6.45) is 6.82. The number of rotatable bonds is 3. The quantitative estimate of drug-likeness (QED) is 0.666. The van der Waals surface area contributed by atoms with Gasteiger partial charge >= 0.3 is 0 Å². The average molecular weight is 155 g/mol. The van der Waals surface area contributed by atoms with Crippen molar-refractivity contribution < 1.29 is 0 Å². The normalized spacial score (nSPS) is 25.4. The van der Waals surface area contributed by atoms with Crippen LogP contribution in [0.5, 0.6) is 0 Å². The van der Waals surface area contributed by atoms with Gasteiger partial charge in [-0.25, -0.2) is 0 Å². The maximum absolute atomic E-state index is 6.13. The van der Waals surface area contributed by atoms with Crippen molar-refractivity contribution in [3.05, 3.63) is 0 Å². The van der Waals surface area contributed by atoms with E-state index in [1.807, 2.05) is 0 Å². The first-order valence-electron chi connectivity index (χ1n) is 5.01. The fraction of sp³-hybridized carbons (Fsp3) is 1.00. The summed E-state index contributed by atoms with van der Waals surface area (Å²) in [7, 11) is 0. The Kier molecular flexibility index (Phi) is 3.38. The van der Waals surface area contributed by atoms with Crippen LogP contribution in [0.15, 0.2) is 0 Å². The summed E-state index contributed by atoms with van der Waals surface area (Å²) >= 11 is 0. The van der Waals surface area contributed by atoms with Gasteiger partial charge in [-0.1, -0.05) is 33.1 Å². The van der Waals surface area contributed by atoms with Crippen molar-refractivity contribution in [2.75, 3.05) is 0 Å². The van der Waals surface area contributed by atoms with Crippen LogP contribution in [-0.2, 0) is 0 Å². The van der Waals surface area contributed by atoms with Gasteiger partial charge < -0.3 is 5.73 Å². The van der Waals surface area contributed by atoms with E-state index in [4.69, 9.17) is 5.73 Å². The molecule has 1 saturated carbocycles. The summed E-state index contributed by atoms with van der Waals surface area (Å²) in [5.74, 6) is 1.56. The number of nitrogens with two attached hydrogens (primary N) is 1. The van der Waals surface area contributed by atoms with Crippen molar-refractivity contribution in [2.24, 2.45) is 17.6 Å². The molecule has 1 rings (SSSR count). The molecule has 0 aliphatic heterocycles. The van der Waals surface area contributed by atoms with Crippen LogP contribution in [0.2, 0.25) is 0 Å². The summed E-state index contributed by atoms with van der Waals surface area (Å²) in [6.45, 7) is 4.52. The second-order valence-electron chi connectivity index (χ2n) is 4.01. The van der Waals surface area contributed by atoms with E-state index >= 15 is 0 Å². The van der Waals surface area contributed by atoms with E-state index in [2.05, 4.69) is 13.8 Å². The Labute approximate surface area is 70.4 Å². The lowest BCUT2D eigenvalue weighted by Gasteiger charge is -2.24. The molecule has 0 amide bonds. The van der Waals surface area contributed by atoms with E-state index in [1.165, 1.54) is 32.1 Å². The highest BCUT2D eigenvalue weighted by atomic mass is 14.7. The zero-order chi connectivity index (χ0) is 8.27. The predicted molar refractivity (Wildman–Crippen MR) is 49.4 cm³/mol. The summed E-state index contributed by atoms with van der Waals surface area (Å²) in [5.41, 5.74) is 6.13. The molecule has 0 aromatic heterocycles. The molecule has 0 radical (unpaired) electrons. The highest BCUT2D eigenvalue weighted by Crippen LogP contribution is 2.30. The van der Waals surface area contributed by atoms with Gasteiger partial charge in [0.05, 0.1) is 0 Å². The van der Waals surface area contributed by atoms with Gasteiger partial charge in [-0.15, -0.1) is 0 Å². The Hall–Kier alpha value is -0.0400. The monoisotopic (exact) mass is 155 g/mol. The van der Waals surface area contributed by atoms with E-state index in [0.29, 0.717) is 6.04 Å². The molecule has 1 heteroatoms. The minimum Gasteiger partial charge on any atom is -0.327 e. The number of hydrogen-bond acceptors (Lipinski definition) is 1. The Bertz CT molecular complexity index is 105. The molecule has 0 saturated heterocycles. The molecule has 0 heterocycles. The summed E-state index contributed by atoms with van der Waals surface area (Å²) < 4.78 is 0. The van der Waals surface area contributed by atoms with Crippen LogP contribution in [0, 0.1) is 11.8 Å². The first-order chi connectivity index (χ1) is 5.25. The zero-order valence-electron chi connectivity index (χ0n) is 7.84. The molecule has 1 fully saturated rings. The third-order valence-electron chi connectivity index (χ3n) is 3.25. The van der Waals surface area contributed by atoms with Crippen molar-refractivity contribution in [3.8, 4) is 0 Å². The molecule has 2 atom stereocenters. The summed E-state index contributed by atoms with van der Waals surface area (Å²) in [5, 5.41) is 0. The van der Waals surface area contributed by atoms with Crippen LogP contribution in [0.25, 0.3) is 0 Å². The van der Waals surface area contributed by atoms with E-state index in [1.54, 1.807) is 0 Å². The highest BCUT2D eigenvalue weighted by Gasteiger charge is 2.24. The second kappa shape index (κ2) is 4.10. The molecule has 0 bridgehead atoms. The van der Waals surface area contributed by atoms with E-state index in [9.17, 15) is 0 Å². The van der Waals surface area contributed by atoms with Gasteiger partial charge in [0.2, 0.25) is 0 Å². The van der Waals surface area contributed by atoms with Gasteiger partial charge in [-0.2, -0.15) is 0 Å². The summed E-state index contributed by atoms with van der Waals surface area (Å²) in [6, 6.07) is 0.475. The summed E-state index contributed by atoms with van der Waals surface area (Å²) in [4.78, 5) is 0. The first kappa shape index (κ1) is 9.05. The third kappa shape index (κ3) is 2.19. The van der Waals surface area contributed by atoms with Crippen LogP contribution >= 0.6 is 0 Å². The van der Waals surface area contributed by atoms with Crippen LogP contribution in [0.4, 0.5) is 0 Å². The fourth-order valence-corrected chi connectivity index (χ4v) is 2.08. The molecule has 2 unspecified atom stereocenters. The topological polar surface area (TPSA) is 26.0 Å². The van der Waals surface area contributed by atoms with Crippen molar-refractivity contribution in [1.29, 1.82) is 0 Å². The Balaban J connectivity index is 2.32. The number of hydrogen-bond donors (Lipinski definition) is 1. The molecule has 1 aliphatic rings. The Morgan fingerprint density at radius 3 is 2.36 bits per heavy atom. The van der Waals surface area contributed by atoms with Crippen LogP contribution in [0.3, 0.4) is 0 Å². The lowest BCUT2D eigenvalue weighted by atomic mass is 9.87. The second-order valence-corrected chi connectivity index (χ2v) is 4.01. The van der Waals surface area contributed by atoms with Crippen LogP contribution < -0.4 is 5.73 Å². The maximum Gasteiger partial charge on any atom is 0.00928 e. The van der Waals surface area contributed by atoms with Crippen LogP contribution in [-0.4, -0.2) is 6.04 Å². The standard InChI is InChI=1S/C10H21N/c1-3-8(2)10(11)9-6-4-5-7-9/h8-10H,3-7,11H2,1-2H3. The van der Waals surface area contributed by atoms with Gasteiger partial charge in [0, 0.05) is 6.04 Å². The largest absolute Gasteiger partial charge is 0.327 e. The van der Waals surface area contributed by atoms with E-state index in [0.717, 1.165) is 11.8 Å². The van der Waals surface area contributed by atoms with Gasteiger partial charge in [0.25, 0.3) is 0 Å². The Morgan fingerprint density at radius 2 is 1.91 bits per heavy atom. The predicted octanol–water partition coefficient (Wildman–Crippen LogP) is 2.55. The van der Waals surface area contributed by atoms with Gasteiger partial charge in [0.1, 0.15) is 0 Å². The van der Waals surface area contributed by atoms with E-state index in [-0.39, 0.29) is 0 Å². The molecular formula is C10H21N. The molecular weight excluding hydrogens is 134 g/mol. The third-order valence-corrected chi connectivity index (χ3v) is 3.25. The average Bonchev–Trinajstić information content (AvgIpc) is 2.53. The van der Waals surface area contributed by atoms with Crippen molar-refractivity contribution in [2.45, 2.75) is 52.0 Å². The zero-order valence-corrected chi connectivity index (χ0v) is 7.84. The molecule has 1 nitrogen and oxygen atoms in total. The van der Waals surface area contributed by atoms with Gasteiger partial charge in [-0.05, 0) is 24.7 Å². The maximum atomic E-state index is 6.13. The molecule has 2 N–H and O–H groups in total. The lowest BCUT2D eigenvalue weighted by Crippen LogP contribution is -2.34. The van der Waals surface area contributed by atoms with Crippen molar-refractivity contribution in [1.82, 2.24) is 0 Å². The molecule has 11 heavy (non-hydrogen) atoms. The van der Waals surface area contributed by atoms with Gasteiger partial charge in [0.15, 0.2) is 0 Å². The minimum absolute atomic E-state index is 0.475. The molecule has 0 aromatic rings. The lowest BCUT2D eigenvalue weighted by molar-refractivity contribution is 0.323. The van der Waals surface area contributed by atoms with Crippen LogP contribution in [0.1, 0.15) is 46.0 Å². The SMILES string of the molecule is CCC(C)C(N)C1CCCC1. The molecule has 1 aliphatic carbocycles. The highest BCUT2D eigenvalue weighted by molar-refractivity contribution is 4.80. The van der Waals surface area contributed by atoms with E-state index < -0.39 is 0 Å². The minimum atomic E-state index is 0.475. The van der Waals surface area contributed by atoms with Crippen molar-refractivity contribution in [3.63, 3.8) is 0 Å². The molecule has 0 spiro atoms.